The van der Waals surface area contributed by atoms with Crippen molar-refractivity contribution in [1.29, 1.82) is 0 Å². The van der Waals surface area contributed by atoms with Crippen LogP contribution >= 0.6 is 39.1 Å². The van der Waals surface area contributed by atoms with Crippen LogP contribution in [0, 0.1) is 0 Å². The fourth-order valence-corrected chi connectivity index (χ4v) is 3.45. The van der Waals surface area contributed by atoms with Gasteiger partial charge in [-0.2, -0.15) is 0 Å². The average Bonchev–Trinajstić information content (AvgIpc) is 2.44. The highest BCUT2D eigenvalue weighted by atomic mass is 79.9. The number of rotatable bonds is 5. The maximum absolute atomic E-state index is 11.9. The van der Waals surface area contributed by atoms with Gasteiger partial charge < -0.3 is 15.4 Å². The Morgan fingerprint density at radius 1 is 1.33 bits per heavy atom. The summed E-state index contributed by atoms with van der Waals surface area (Å²) in [5.41, 5.74) is 0.438. The number of carbonyl (C=O) groups is 1. The van der Waals surface area contributed by atoms with Crippen LogP contribution in [0.15, 0.2) is 16.6 Å². The molecule has 2 rings (SSSR count). The maximum Gasteiger partial charge on any atom is 0.226 e. The predicted octanol–water partition coefficient (Wildman–Crippen LogP) is 3.85. The number of hydrogen-bond acceptors (Lipinski definition) is 3. The van der Waals surface area contributed by atoms with Gasteiger partial charge in [-0.05, 0) is 38.1 Å². The molecule has 1 aliphatic rings. The molecule has 0 aliphatic carbocycles. The van der Waals surface area contributed by atoms with E-state index < -0.39 is 0 Å². The standard InChI is InChI=1S/C14H17BrCl2N2O2/c15-9-7-11(16)14(12(17)8-9)19-13(20)3-6-21-10-1-4-18-5-2-10/h7-8,10,18H,1-6H2,(H,19,20). The third-order valence-electron chi connectivity index (χ3n) is 3.24. The van der Waals surface area contributed by atoms with Gasteiger partial charge in [0, 0.05) is 4.47 Å². The lowest BCUT2D eigenvalue weighted by molar-refractivity contribution is -0.117. The minimum atomic E-state index is -0.157. The van der Waals surface area contributed by atoms with Crippen molar-refractivity contribution in [3.8, 4) is 0 Å². The maximum atomic E-state index is 11.9. The van der Waals surface area contributed by atoms with E-state index in [1.165, 1.54) is 0 Å². The second-order valence-corrected chi connectivity index (χ2v) is 6.59. The molecule has 0 atom stereocenters. The number of piperidine rings is 1. The Morgan fingerprint density at radius 3 is 2.57 bits per heavy atom. The van der Waals surface area contributed by atoms with Gasteiger partial charge in [-0.15, -0.1) is 0 Å². The summed E-state index contributed by atoms with van der Waals surface area (Å²) in [6.45, 7) is 2.35. The summed E-state index contributed by atoms with van der Waals surface area (Å²) in [7, 11) is 0. The quantitative estimate of drug-likeness (QED) is 0.795. The SMILES string of the molecule is O=C(CCOC1CCNCC1)Nc1c(Cl)cc(Br)cc1Cl. The molecule has 2 N–H and O–H groups in total. The minimum Gasteiger partial charge on any atom is -0.378 e. The zero-order chi connectivity index (χ0) is 15.2. The molecule has 0 radical (unpaired) electrons. The van der Waals surface area contributed by atoms with Gasteiger partial charge in [0.25, 0.3) is 0 Å². The second kappa shape index (κ2) is 8.34. The second-order valence-electron chi connectivity index (χ2n) is 4.86. The Balaban J connectivity index is 1.79. The van der Waals surface area contributed by atoms with E-state index in [4.69, 9.17) is 27.9 Å². The molecule has 1 amide bonds. The zero-order valence-corrected chi connectivity index (χ0v) is 14.5. The van der Waals surface area contributed by atoms with Crippen LogP contribution < -0.4 is 10.6 Å². The Hall–Kier alpha value is -0.330. The first-order valence-electron chi connectivity index (χ1n) is 6.83. The van der Waals surface area contributed by atoms with Crippen molar-refractivity contribution in [1.82, 2.24) is 5.32 Å². The molecule has 0 aromatic heterocycles. The fraction of sp³-hybridized carbons (Fsp3) is 0.500. The van der Waals surface area contributed by atoms with Crippen LogP contribution in [0.1, 0.15) is 19.3 Å². The lowest BCUT2D eigenvalue weighted by Gasteiger charge is -2.22. The van der Waals surface area contributed by atoms with Gasteiger partial charge in [0.15, 0.2) is 0 Å². The first kappa shape index (κ1) is 17.0. The number of anilines is 1. The summed E-state index contributed by atoms with van der Waals surface area (Å²) in [4.78, 5) is 11.9. The van der Waals surface area contributed by atoms with E-state index in [2.05, 4.69) is 26.6 Å². The molecule has 7 heteroatoms. The van der Waals surface area contributed by atoms with Crippen molar-refractivity contribution >= 4 is 50.7 Å². The highest BCUT2D eigenvalue weighted by Gasteiger charge is 2.15. The normalized spacial score (nSPS) is 16.0. The first-order chi connectivity index (χ1) is 10.1. The van der Waals surface area contributed by atoms with E-state index in [0.29, 0.717) is 22.3 Å². The highest BCUT2D eigenvalue weighted by Crippen LogP contribution is 2.33. The molecule has 0 spiro atoms. The highest BCUT2D eigenvalue weighted by molar-refractivity contribution is 9.10. The predicted molar refractivity (Wildman–Crippen MR) is 89.3 cm³/mol. The van der Waals surface area contributed by atoms with Crippen molar-refractivity contribution in [2.45, 2.75) is 25.4 Å². The van der Waals surface area contributed by atoms with Crippen LogP contribution in [0.4, 0.5) is 5.69 Å². The van der Waals surface area contributed by atoms with Gasteiger partial charge >= 0.3 is 0 Å². The zero-order valence-electron chi connectivity index (χ0n) is 11.4. The number of amides is 1. The molecule has 0 saturated carbocycles. The number of carbonyl (C=O) groups excluding carboxylic acids is 1. The van der Waals surface area contributed by atoms with Crippen LogP contribution in [-0.2, 0) is 9.53 Å². The average molecular weight is 396 g/mol. The molecule has 1 aromatic carbocycles. The first-order valence-corrected chi connectivity index (χ1v) is 8.38. The summed E-state index contributed by atoms with van der Waals surface area (Å²) in [6.07, 6.45) is 2.52. The molecule has 116 valence electrons. The van der Waals surface area contributed by atoms with Crippen LogP contribution in [-0.4, -0.2) is 31.7 Å². The van der Waals surface area contributed by atoms with Crippen LogP contribution in [0.25, 0.3) is 0 Å². The lowest BCUT2D eigenvalue weighted by atomic mass is 10.1. The lowest BCUT2D eigenvalue weighted by Crippen LogP contribution is -2.33. The molecule has 4 nitrogen and oxygen atoms in total. The Labute approximate surface area is 142 Å². The van der Waals surface area contributed by atoms with Crippen LogP contribution in [0.2, 0.25) is 10.0 Å². The van der Waals surface area contributed by atoms with Crippen molar-refractivity contribution in [3.63, 3.8) is 0 Å². The van der Waals surface area contributed by atoms with E-state index in [1.54, 1.807) is 12.1 Å². The minimum absolute atomic E-state index is 0.157. The van der Waals surface area contributed by atoms with Crippen molar-refractivity contribution in [2.24, 2.45) is 0 Å². The van der Waals surface area contributed by atoms with E-state index in [0.717, 1.165) is 30.4 Å². The van der Waals surface area contributed by atoms with E-state index >= 15 is 0 Å². The van der Waals surface area contributed by atoms with Gasteiger partial charge in [0.05, 0.1) is 34.9 Å². The Bertz CT molecular complexity index is 485. The van der Waals surface area contributed by atoms with Gasteiger partial charge in [0.1, 0.15) is 0 Å². The molecule has 21 heavy (non-hydrogen) atoms. The molecule has 0 unspecified atom stereocenters. The number of hydrogen-bond donors (Lipinski definition) is 2. The van der Waals surface area contributed by atoms with Crippen molar-refractivity contribution in [3.05, 3.63) is 26.7 Å². The largest absolute Gasteiger partial charge is 0.378 e. The summed E-state index contributed by atoms with van der Waals surface area (Å²) >= 11 is 15.4. The molecule has 1 fully saturated rings. The number of benzene rings is 1. The fourth-order valence-electron chi connectivity index (χ4n) is 2.14. The Kier molecular flexibility index (Phi) is 6.76. The summed E-state index contributed by atoms with van der Waals surface area (Å²) in [5.74, 6) is -0.157. The van der Waals surface area contributed by atoms with Crippen molar-refractivity contribution < 1.29 is 9.53 Å². The van der Waals surface area contributed by atoms with Gasteiger partial charge in [-0.1, -0.05) is 39.1 Å². The van der Waals surface area contributed by atoms with E-state index in [9.17, 15) is 4.79 Å². The molecule has 0 bridgehead atoms. The van der Waals surface area contributed by atoms with Gasteiger partial charge in [-0.3, -0.25) is 4.79 Å². The number of ether oxygens (including phenoxy) is 1. The third-order valence-corrected chi connectivity index (χ3v) is 4.29. The molecule has 1 heterocycles. The molecule has 1 aromatic rings. The van der Waals surface area contributed by atoms with E-state index in [1.807, 2.05) is 0 Å². The van der Waals surface area contributed by atoms with Crippen LogP contribution in [0.3, 0.4) is 0 Å². The topological polar surface area (TPSA) is 50.4 Å². The van der Waals surface area contributed by atoms with Crippen LogP contribution in [0.5, 0.6) is 0 Å². The summed E-state index contributed by atoms with van der Waals surface area (Å²) < 4.78 is 6.46. The van der Waals surface area contributed by atoms with Gasteiger partial charge in [0.2, 0.25) is 5.91 Å². The smallest absolute Gasteiger partial charge is 0.226 e. The van der Waals surface area contributed by atoms with E-state index in [-0.39, 0.29) is 18.4 Å². The monoisotopic (exact) mass is 394 g/mol. The third kappa shape index (κ3) is 5.42. The number of halogens is 3. The molecule has 1 saturated heterocycles. The summed E-state index contributed by atoms with van der Waals surface area (Å²) in [6, 6.07) is 3.38. The van der Waals surface area contributed by atoms with Crippen molar-refractivity contribution in [2.75, 3.05) is 25.0 Å². The molecule has 1 aliphatic heterocycles. The van der Waals surface area contributed by atoms with Gasteiger partial charge in [-0.25, -0.2) is 0 Å². The summed E-state index contributed by atoms with van der Waals surface area (Å²) in [5, 5.41) is 6.81. The Morgan fingerprint density at radius 2 is 1.95 bits per heavy atom. The molecular weight excluding hydrogens is 379 g/mol. The number of nitrogens with one attached hydrogen (secondary N) is 2. The molecular formula is C14H17BrCl2N2O2.